The molecular formula is C24H24N4O4. The first-order valence-electron chi connectivity index (χ1n) is 10.8. The van der Waals surface area contributed by atoms with Crippen LogP contribution in [0.25, 0.3) is 11.0 Å². The molecule has 5 rings (SSSR count). The van der Waals surface area contributed by atoms with Crippen LogP contribution in [0.15, 0.2) is 48.5 Å². The molecular weight excluding hydrogens is 408 g/mol. The van der Waals surface area contributed by atoms with Crippen molar-refractivity contribution in [3.05, 3.63) is 54.1 Å². The number of Topliss-reactive ketones (excluding diaryl/α,β-unsaturated/α-hetero) is 1. The second-order valence-electron chi connectivity index (χ2n) is 8.26. The molecule has 2 amide bonds. The summed E-state index contributed by atoms with van der Waals surface area (Å²) >= 11 is 0. The number of nitrogens with zero attached hydrogens (tertiary/aromatic N) is 3. The van der Waals surface area contributed by atoms with Gasteiger partial charge in [0.15, 0.2) is 5.78 Å². The van der Waals surface area contributed by atoms with Crippen LogP contribution in [-0.2, 0) is 14.3 Å². The molecule has 0 spiro atoms. The Hall–Kier alpha value is -3.52. The van der Waals surface area contributed by atoms with E-state index in [0.717, 1.165) is 23.9 Å². The summed E-state index contributed by atoms with van der Waals surface area (Å²) in [6.45, 7) is 2.64. The molecule has 0 bridgehead atoms. The Morgan fingerprint density at radius 1 is 1.16 bits per heavy atom. The average Bonchev–Trinajstić information content (AvgIpc) is 3.48. The normalized spacial score (nSPS) is 20.0. The number of hydrogen-bond donors (Lipinski definition) is 1. The minimum absolute atomic E-state index is 0.0112. The first kappa shape index (κ1) is 20.4. The van der Waals surface area contributed by atoms with Crippen molar-refractivity contribution in [2.75, 3.05) is 23.4 Å². The summed E-state index contributed by atoms with van der Waals surface area (Å²) in [6.07, 6.45) is 1.87. The number of carbonyl (C=O) groups is 3. The summed E-state index contributed by atoms with van der Waals surface area (Å²) < 4.78 is 7.61. The van der Waals surface area contributed by atoms with E-state index in [1.165, 1.54) is 6.92 Å². The van der Waals surface area contributed by atoms with Gasteiger partial charge in [-0.05, 0) is 56.2 Å². The zero-order valence-electron chi connectivity index (χ0n) is 17.8. The number of hydrogen-bond acceptors (Lipinski definition) is 5. The monoisotopic (exact) mass is 432 g/mol. The van der Waals surface area contributed by atoms with Crippen molar-refractivity contribution in [3.8, 4) is 0 Å². The number of imidazole rings is 1. The zero-order valence-corrected chi connectivity index (χ0v) is 17.8. The fourth-order valence-corrected chi connectivity index (χ4v) is 4.44. The summed E-state index contributed by atoms with van der Waals surface area (Å²) in [7, 11) is 0. The Morgan fingerprint density at radius 2 is 1.94 bits per heavy atom. The van der Waals surface area contributed by atoms with Crippen LogP contribution in [0.4, 0.5) is 11.6 Å². The predicted molar refractivity (Wildman–Crippen MR) is 120 cm³/mol. The molecule has 2 aromatic carbocycles. The quantitative estimate of drug-likeness (QED) is 0.603. The molecule has 2 aliphatic rings. The van der Waals surface area contributed by atoms with Crippen LogP contribution in [0.1, 0.15) is 42.6 Å². The van der Waals surface area contributed by atoms with Gasteiger partial charge in [0.25, 0.3) is 5.91 Å². The van der Waals surface area contributed by atoms with E-state index in [9.17, 15) is 14.4 Å². The van der Waals surface area contributed by atoms with Gasteiger partial charge in [-0.15, -0.1) is 0 Å². The number of ether oxygens (including phenoxy) is 1. The van der Waals surface area contributed by atoms with Crippen molar-refractivity contribution in [1.29, 1.82) is 0 Å². The minimum atomic E-state index is -0.671. The van der Waals surface area contributed by atoms with Gasteiger partial charge in [-0.25, -0.2) is 4.98 Å². The molecule has 8 heteroatoms. The van der Waals surface area contributed by atoms with Crippen LogP contribution >= 0.6 is 0 Å². The zero-order chi connectivity index (χ0) is 22.2. The minimum Gasteiger partial charge on any atom is -0.376 e. The van der Waals surface area contributed by atoms with Crippen molar-refractivity contribution < 1.29 is 19.1 Å². The molecule has 1 fully saturated rings. The number of benzene rings is 2. The number of nitrogens with one attached hydrogen (secondary N) is 1. The molecule has 8 nitrogen and oxygen atoms in total. The number of ketones is 1. The van der Waals surface area contributed by atoms with E-state index in [-0.39, 0.29) is 30.1 Å². The van der Waals surface area contributed by atoms with Crippen LogP contribution in [0.5, 0.6) is 0 Å². The van der Waals surface area contributed by atoms with Crippen molar-refractivity contribution in [3.63, 3.8) is 0 Å². The SMILES string of the molecule is CC(=O)c1ccc(NC(=O)C[C@H]2C(=O)N(C[C@@H]3CCCO3)c3nc4ccccc4n32)cc1. The highest BCUT2D eigenvalue weighted by atomic mass is 16.5. The Balaban J connectivity index is 1.40. The summed E-state index contributed by atoms with van der Waals surface area (Å²) in [6, 6.07) is 13.7. The summed E-state index contributed by atoms with van der Waals surface area (Å²) in [5, 5.41) is 2.84. The van der Waals surface area contributed by atoms with Crippen molar-refractivity contribution in [2.45, 2.75) is 38.3 Å². The molecule has 2 atom stereocenters. The molecule has 1 N–H and O–H groups in total. The number of fused-ring (bicyclic) bond motifs is 3. The summed E-state index contributed by atoms with van der Waals surface area (Å²) in [5.41, 5.74) is 2.78. The number of anilines is 2. The van der Waals surface area contributed by atoms with Crippen LogP contribution in [0.3, 0.4) is 0 Å². The number of amides is 2. The van der Waals surface area contributed by atoms with Gasteiger partial charge in [0.1, 0.15) is 6.04 Å². The van der Waals surface area contributed by atoms with Gasteiger partial charge in [0.2, 0.25) is 11.9 Å². The Morgan fingerprint density at radius 3 is 2.66 bits per heavy atom. The molecule has 1 aromatic heterocycles. The summed E-state index contributed by atoms with van der Waals surface area (Å²) in [4.78, 5) is 44.0. The maximum absolute atomic E-state index is 13.4. The molecule has 164 valence electrons. The molecule has 3 heterocycles. The topological polar surface area (TPSA) is 93.5 Å². The highest BCUT2D eigenvalue weighted by Crippen LogP contribution is 2.37. The highest BCUT2D eigenvalue weighted by molar-refractivity contribution is 6.05. The third-order valence-electron chi connectivity index (χ3n) is 6.05. The fourth-order valence-electron chi connectivity index (χ4n) is 4.44. The Bertz CT molecular complexity index is 1190. The van der Waals surface area contributed by atoms with Gasteiger partial charge in [0.05, 0.1) is 30.1 Å². The molecule has 0 unspecified atom stereocenters. The van der Waals surface area contributed by atoms with E-state index in [1.807, 2.05) is 28.8 Å². The number of aromatic nitrogens is 2. The van der Waals surface area contributed by atoms with Crippen molar-refractivity contribution >= 4 is 40.3 Å². The van der Waals surface area contributed by atoms with Gasteiger partial charge in [-0.1, -0.05) is 12.1 Å². The standard InChI is InChI=1S/C24H24N4O4/c1-15(29)16-8-10-17(11-9-16)25-22(30)13-21-23(31)27(14-18-5-4-12-32-18)24-26-19-6-2-3-7-20(19)28(21)24/h2-3,6-11,18,21H,4-5,12-14H2,1H3,(H,25,30)/t18-,21-/m0/s1. The van der Waals surface area contributed by atoms with Crippen LogP contribution in [-0.4, -0.2) is 46.4 Å². The predicted octanol–water partition coefficient (Wildman–Crippen LogP) is 3.33. The van der Waals surface area contributed by atoms with E-state index >= 15 is 0 Å². The second kappa shape index (κ2) is 8.20. The molecule has 1 saturated heterocycles. The van der Waals surface area contributed by atoms with Crippen LogP contribution < -0.4 is 10.2 Å². The van der Waals surface area contributed by atoms with Crippen LogP contribution in [0.2, 0.25) is 0 Å². The van der Waals surface area contributed by atoms with Gasteiger partial charge in [-0.2, -0.15) is 0 Å². The van der Waals surface area contributed by atoms with Gasteiger partial charge < -0.3 is 10.1 Å². The maximum Gasteiger partial charge on any atom is 0.253 e. The van der Waals surface area contributed by atoms with Gasteiger partial charge in [0, 0.05) is 17.9 Å². The Labute approximate surface area is 185 Å². The lowest BCUT2D eigenvalue weighted by Gasteiger charge is -2.19. The average molecular weight is 432 g/mol. The fraction of sp³-hybridized carbons (Fsp3) is 0.333. The molecule has 0 aliphatic carbocycles. The van der Waals surface area contributed by atoms with Gasteiger partial charge >= 0.3 is 0 Å². The van der Waals surface area contributed by atoms with E-state index in [2.05, 4.69) is 10.3 Å². The maximum atomic E-state index is 13.4. The lowest BCUT2D eigenvalue weighted by molar-refractivity contribution is -0.124. The first-order valence-corrected chi connectivity index (χ1v) is 10.8. The Kier molecular flexibility index (Phi) is 5.22. The van der Waals surface area contributed by atoms with Crippen molar-refractivity contribution in [1.82, 2.24) is 9.55 Å². The van der Waals surface area contributed by atoms with E-state index in [0.29, 0.717) is 30.4 Å². The molecule has 0 saturated carbocycles. The highest BCUT2D eigenvalue weighted by Gasteiger charge is 2.42. The number of carbonyl (C=O) groups excluding carboxylic acids is 3. The third-order valence-corrected chi connectivity index (χ3v) is 6.05. The summed E-state index contributed by atoms with van der Waals surface area (Å²) in [5.74, 6) is 0.109. The lowest BCUT2D eigenvalue weighted by Crippen LogP contribution is -2.37. The smallest absolute Gasteiger partial charge is 0.253 e. The molecule has 32 heavy (non-hydrogen) atoms. The largest absolute Gasteiger partial charge is 0.376 e. The van der Waals surface area contributed by atoms with Crippen LogP contribution in [0, 0.1) is 0 Å². The van der Waals surface area contributed by atoms with Gasteiger partial charge in [-0.3, -0.25) is 23.9 Å². The molecule has 2 aliphatic heterocycles. The van der Waals surface area contributed by atoms with E-state index < -0.39 is 6.04 Å². The third kappa shape index (κ3) is 3.67. The van der Waals surface area contributed by atoms with Crippen molar-refractivity contribution in [2.24, 2.45) is 0 Å². The molecule has 0 radical (unpaired) electrons. The first-order chi connectivity index (χ1) is 15.5. The molecule has 3 aromatic rings. The lowest BCUT2D eigenvalue weighted by atomic mass is 10.1. The van der Waals surface area contributed by atoms with E-state index in [1.54, 1.807) is 29.2 Å². The number of para-hydroxylation sites is 2. The second-order valence-corrected chi connectivity index (χ2v) is 8.26. The van der Waals surface area contributed by atoms with E-state index in [4.69, 9.17) is 4.74 Å². The number of rotatable bonds is 6.